The van der Waals surface area contributed by atoms with E-state index in [2.05, 4.69) is 29.2 Å². The monoisotopic (exact) mass is 520 g/mol. The first kappa shape index (κ1) is 26.2. The summed E-state index contributed by atoms with van der Waals surface area (Å²) in [6.07, 6.45) is 5.90. The van der Waals surface area contributed by atoms with E-state index >= 15 is 0 Å². The fourth-order valence-corrected chi connectivity index (χ4v) is 6.68. The zero-order chi connectivity index (χ0) is 25.3. The Morgan fingerprint density at radius 3 is 2.39 bits per heavy atom. The Hall–Kier alpha value is -1.44. The third kappa shape index (κ3) is 5.99. The molecule has 0 unspecified atom stereocenters. The quantitative estimate of drug-likeness (QED) is 0.356. The number of nitrogens with one attached hydrogen (secondary N) is 1. The maximum absolute atomic E-state index is 13.9. The number of halogens is 3. The van der Waals surface area contributed by atoms with E-state index in [1.807, 2.05) is 6.07 Å². The van der Waals surface area contributed by atoms with Crippen LogP contribution in [-0.4, -0.2) is 24.3 Å². The molecule has 1 N–H and O–H groups in total. The van der Waals surface area contributed by atoms with Gasteiger partial charge in [-0.3, -0.25) is 4.72 Å². The van der Waals surface area contributed by atoms with Crippen LogP contribution in [0.3, 0.4) is 0 Å². The van der Waals surface area contributed by atoms with Crippen molar-refractivity contribution in [2.45, 2.75) is 94.7 Å². The van der Waals surface area contributed by atoms with Crippen LogP contribution in [0.5, 0.6) is 0 Å². The molecule has 0 radical (unpaired) electrons. The largest absolute Gasteiger partial charge is 0.416 e. The van der Waals surface area contributed by atoms with E-state index in [9.17, 15) is 13.2 Å². The van der Waals surface area contributed by atoms with Crippen molar-refractivity contribution in [3.8, 4) is 11.3 Å². The molecular formula is C29H39F3N2OS. The lowest BCUT2D eigenvalue weighted by Crippen LogP contribution is -2.24. The van der Waals surface area contributed by atoms with E-state index in [1.54, 1.807) is 11.9 Å². The lowest BCUT2D eigenvalue weighted by molar-refractivity contribution is -0.137. The van der Waals surface area contributed by atoms with Crippen LogP contribution in [0, 0.1) is 18.8 Å². The number of hydrogen-bond donors (Lipinski definition) is 1. The lowest BCUT2D eigenvalue weighted by Gasteiger charge is -2.25. The highest BCUT2D eigenvalue weighted by Gasteiger charge is 2.41. The highest BCUT2D eigenvalue weighted by molar-refractivity contribution is 7.97. The number of nitrogens with zero attached hydrogens (tertiary/aromatic N) is 1. The van der Waals surface area contributed by atoms with Crippen LogP contribution in [0.1, 0.15) is 81.5 Å². The summed E-state index contributed by atoms with van der Waals surface area (Å²) in [5.41, 5.74) is 2.93. The summed E-state index contributed by atoms with van der Waals surface area (Å²) in [7, 11) is 0. The Bertz CT molecular complexity index is 1020. The first-order valence-electron chi connectivity index (χ1n) is 13.6. The number of rotatable bonds is 8. The van der Waals surface area contributed by atoms with Gasteiger partial charge in [0.2, 0.25) is 0 Å². The third-order valence-corrected chi connectivity index (χ3v) is 9.58. The van der Waals surface area contributed by atoms with Gasteiger partial charge in [0.05, 0.1) is 5.56 Å². The molecule has 3 nitrogen and oxygen atoms in total. The predicted molar refractivity (Wildman–Crippen MR) is 140 cm³/mol. The van der Waals surface area contributed by atoms with E-state index < -0.39 is 11.7 Å². The van der Waals surface area contributed by atoms with Crippen molar-refractivity contribution in [2.75, 3.05) is 19.8 Å². The average Bonchev–Trinajstić information content (AvgIpc) is 3.56. The average molecular weight is 521 g/mol. The number of alkyl halides is 3. The molecule has 36 heavy (non-hydrogen) atoms. The molecule has 1 saturated heterocycles. The van der Waals surface area contributed by atoms with Gasteiger partial charge in [-0.25, -0.2) is 0 Å². The second-order valence-corrected chi connectivity index (χ2v) is 12.4. The van der Waals surface area contributed by atoms with Crippen molar-refractivity contribution in [1.82, 2.24) is 9.29 Å². The fourth-order valence-electron chi connectivity index (χ4n) is 5.78. The van der Waals surface area contributed by atoms with Crippen molar-refractivity contribution in [2.24, 2.45) is 11.8 Å². The maximum Gasteiger partial charge on any atom is 0.416 e. The summed E-state index contributed by atoms with van der Waals surface area (Å²) in [5, 5.41) is 0. The Morgan fingerprint density at radius 1 is 1.00 bits per heavy atom. The van der Waals surface area contributed by atoms with Gasteiger partial charge in [-0.2, -0.15) is 13.2 Å². The number of benzene rings is 1. The first-order valence-corrected chi connectivity index (χ1v) is 14.5. The summed E-state index contributed by atoms with van der Waals surface area (Å²) in [6, 6.07) is 6.89. The second kappa shape index (κ2) is 10.7. The zero-order valence-corrected chi connectivity index (χ0v) is 22.4. The molecule has 1 aromatic heterocycles. The third-order valence-electron chi connectivity index (χ3n) is 8.63. The van der Waals surface area contributed by atoms with Crippen LogP contribution >= 0.6 is 11.9 Å². The molecule has 7 heteroatoms. The molecule has 0 spiro atoms. The van der Waals surface area contributed by atoms with E-state index in [1.165, 1.54) is 44.2 Å². The Morgan fingerprint density at radius 2 is 1.72 bits per heavy atom. The minimum Gasteiger partial charge on any atom is -0.381 e. The molecule has 0 atom stereocenters. The molecule has 2 aromatic rings. The van der Waals surface area contributed by atoms with Crippen molar-refractivity contribution in [3.63, 3.8) is 0 Å². The molecule has 1 aromatic carbocycles. The van der Waals surface area contributed by atoms with Gasteiger partial charge in [-0.15, -0.1) is 0 Å². The highest BCUT2D eigenvalue weighted by atomic mass is 32.2. The van der Waals surface area contributed by atoms with Crippen LogP contribution in [0.15, 0.2) is 29.2 Å². The van der Waals surface area contributed by atoms with Crippen LogP contribution < -0.4 is 4.72 Å². The summed E-state index contributed by atoms with van der Waals surface area (Å²) < 4.78 is 53.2. The predicted octanol–water partition coefficient (Wildman–Crippen LogP) is 8.14. The first-order chi connectivity index (χ1) is 17.2. The van der Waals surface area contributed by atoms with Crippen LogP contribution in [0.2, 0.25) is 0 Å². The molecule has 2 saturated carbocycles. The summed E-state index contributed by atoms with van der Waals surface area (Å²) in [4.78, 5) is 1.12. The highest BCUT2D eigenvalue weighted by Crippen LogP contribution is 2.50. The number of ether oxygens (including phenoxy) is 1. The Kier molecular flexibility index (Phi) is 7.81. The Labute approximate surface area is 217 Å². The molecule has 198 valence electrons. The molecule has 2 heterocycles. The van der Waals surface area contributed by atoms with Gasteiger partial charge in [0.25, 0.3) is 0 Å². The zero-order valence-electron chi connectivity index (χ0n) is 21.6. The van der Waals surface area contributed by atoms with E-state index in [0.717, 1.165) is 73.8 Å². The molecule has 3 fully saturated rings. The van der Waals surface area contributed by atoms with E-state index in [0.29, 0.717) is 17.4 Å². The van der Waals surface area contributed by atoms with Gasteiger partial charge in [-0.1, -0.05) is 26.2 Å². The molecule has 2 aliphatic carbocycles. The van der Waals surface area contributed by atoms with Crippen LogP contribution in [-0.2, 0) is 22.9 Å². The van der Waals surface area contributed by atoms with Gasteiger partial charge in [0.15, 0.2) is 0 Å². The molecule has 3 aliphatic rings. The molecule has 5 rings (SSSR count). The second-order valence-electron chi connectivity index (χ2n) is 11.5. The molecular weight excluding hydrogens is 481 g/mol. The maximum atomic E-state index is 13.9. The number of aromatic nitrogens is 1. The SMILES string of the molecule is Cc1c(SNCC2CCOCC2)cc(-c2cc(C(F)(F)F)cc(C3(C)CC3)c2)n1CC1CCCCC1. The minimum absolute atomic E-state index is 0.130. The van der Waals surface area contributed by atoms with Gasteiger partial charge >= 0.3 is 6.18 Å². The molecule has 0 amide bonds. The van der Waals surface area contributed by atoms with Gasteiger partial charge in [-0.05, 0) is 110 Å². The topological polar surface area (TPSA) is 26.2 Å². The van der Waals surface area contributed by atoms with Gasteiger partial charge in [0, 0.05) is 42.6 Å². The van der Waals surface area contributed by atoms with Crippen molar-refractivity contribution < 1.29 is 17.9 Å². The number of hydrogen-bond acceptors (Lipinski definition) is 3. The summed E-state index contributed by atoms with van der Waals surface area (Å²) >= 11 is 1.63. The standard InChI is InChI=1S/C29H39F3N2OS/c1-20-27(36-33-18-21-8-12-35-13-9-21)17-26(34(20)19-22-6-4-3-5-7-22)23-14-24(28(2)10-11-28)16-25(15-23)29(30,31)32/h14-17,21-22,33H,3-13,18-19H2,1-2H3. The smallest absolute Gasteiger partial charge is 0.381 e. The van der Waals surface area contributed by atoms with E-state index in [-0.39, 0.29) is 5.41 Å². The normalized spacial score (nSPS) is 21.1. The summed E-state index contributed by atoms with van der Waals surface area (Å²) in [5.74, 6) is 1.20. The van der Waals surface area contributed by atoms with Crippen LogP contribution in [0.4, 0.5) is 13.2 Å². The van der Waals surface area contributed by atoms with Crippen molar-refractivity contribution in [1.29, 1.82) is 0 Å². The van der Waals surface area contributed by atoms with Gasteiger partial charge < -0.3 is 9.30 Å². The molecule has 0 bridgehead atoms. The Balaban J connectivity index is 1.47. The minimum atomic E-state index is -4.35. The van der Waals surface area contributed by atoms with E-state index in [4.69, 9.17) is 4.74 Å². The van der Waals surface area contributed by atoms with Crippen molar-refractivity contribution in [3.05, 3.63) is 41.1 Å². The van der Waals surface area contributed by atoms with Crippen molar-refractivity contribution >= 4 is 11.9 Å². The van der Waals surface area contributed by atoms with Crippen LogP contribution in [0.25, 0.3) is 11.3 Å². The van der Waals surface area contributed by atoms with Gasteiger partial charge in [0.1, 0.15) is 0 Å². The molecule has 1 aliphatic heterocycles. The fraction of sp³-hybridized carbons (Fsp3) is 0.655. The summed E-state index contributed by atoms with van der Waals surface area (Å²) in [6.45, 7) is 7.66. The lowest BCUT2D eigenvalue weighted by atomic mass is 9.89.